The van der Waals surface area contributed by atoms with Crippen LogP contribution in [-0.2, 0) is 14.3 Å². The number of hydrogen-bond acceptors (Lipinski definition) is 5. The van der Waals surface area contributed by atoms with E-state index in [1.807, 2.05) is 0 Å². The van der Waals surface area contributed by atoms with Crippen LogP contribution in [0.2, 0.25) is 0 Å². The summed E-state index contributed by atoms with van der Waals surface area (Å²) in [5.74, 6) is -0.494. The van der Waals surface area contributed by atoms with Crippen molar-refractivity contribution >= 4 is 11.9 Å². The fourth-order valence-corrected chi connectivity index (χ4v) is 7.75. The van der Waals surface area contributed by atoms with E-state index < -0.39 is 18.2 Å². The van der Waals surface area contributed by atoms with Crippen LogP contribution in [0.3, 0.4) is 0 Å². The maximum absolute atomic E-state index is 13.2. The first kappa shape index (κ1) is 57.1. The highest BCUT2D eigenvalue weighted by molar-refractivity contribution is 5.77. The van der Waals surface area contributed by atoms with E-state index in [0.717, 1.165) is 77.0 Å². The zero-order valence-corrected chi connectivity index (χ0v) is 39.4. The smallest absolute Gasteiger partial charge is 0.306 e. The first-order valence-electron chi connectivity index (χ1n) is 25.7. The lowest BCUT2D eigenvalue weighted by atomic mass is 10.0. The van der Waals surface area contributed by atoms with Crippen molar-refractivity contribution in [2.75, 3.05) is 6.61 Å². The molecule has 0 aromatic carbocycles. The number of esters is 1. The van der Waals surface area contributed by atoms with Gasteiger partial charge >= 0.3 is 5.97 Å². The Labute approximate surface area is 366 Å². The van der Waals surface area contributed by atoms with Crippen molar-refractivity contribution in [3.63, 3.8) is 0 Å². The summed E-state index contributed by atoms with van der Waals surface area (Å²) >= 11 is 0. The molecule has 59 heavy (non-hydrogen) atoms. The molecule has 0 aliphatic carbocycles. The number of hydrogen-bond donors (Lipinski definition) is 3. The molecule has 6 nitrogen and oxygen atoms in total. The Morgan fingerprint density at radius 3 is 1.34 bits per heavy atom. The second kappa shape index (κ2) is 47.1. The number of ether oxygens (including phenoxy) is 1. The number of rotatable bonds is 46. The Morgan fingerprint density at radius 1 is 0.492 bits per heavy atom. The van der Waals surface area contributed by atoms with E-state index in [1.165, 1.54) is 141 Å². The number of carbonyl (C=O) groups is 2. The Balaban J connectivity index is 4.60. The quantitative estimate of drug-likeness (QED) is 0.0323. The molecule has 3 N–H and O–H groups in total. The van der Waals surface area contributed by atoms with Gasteiger partial charge in [-0.25, -0.2) is 0 Å². The summed E-state index contributed by atoms with van der Waals surface area (Å²) in [6.45, 7) is 6.44. The second-order valence-electron chi connectivity index (χ2n) is 17.6. The molecule has 0 spiro atoms. The first-order valence-corrected chi connectivity index (χ1v) is 25.7. The van der Waals surface area contributed by atoms with E-state index in [1.54, 1.807) is 0 Å². The van der Waals surface area contributed by atoms with Gasteiger partial charge in [0, 0.05) is 6.42 Å². The van der Waals surface area contributed by atoms with Gasteiger partial charge in [-0.15, -0.1) is 0 Å². The summed E-state index contributed by atoms with van der Waals surface area (Å²) in [5.41, 5.74) is 0. The molecule has 346 valence electrons. The molecule has 0 rings (SSSR count). The molecule has 0 saturated carbocycles. The zero-order chi connectivity index (χ0) is 43.1. The molecule has 0 aromatic heterocycles. The van der Waals surface area contributed by atoms with E-state index in [2.05, 4.69) is 62.5 Å². The molecular formula is C53H99NO5. The number of carbonyl (C=O) groups excluding carboxylic acids is 2. The topological polar surface area (TPSA) is 95.9 Å². The Bertz CT molecular complexity index is 977. The van der Waals surface area contributed by atoms with Crippen LogP contribution in [0.1, 0.15) is 265 Å². The van der Waals surface area contributed by atoms with E-state index in [9.17, 15) is 19.8 Å². The van der Waals surface area contributed by atoms with Crippen LogP contribution in [0.25, 0.3) is 0 Å². The number of amides is 1. The van der Waals surface area contributed by atoms with Gasteiger partial charge < -0.3 is 20.3 Å². The average Bonchev–Trinajstić information content (AvgIpc) is 3.23. The minimum absolute atomic E-state index is 0.0681. The molecular weight excluding hydrogens is 731 g/mol. The number of allylic oxidation sites excluding steroid dienone is 6. The van der Waals surface area contributed by atoms with Gasteiger partial charge in [0.25, 0.3) is 0 Å². The Morgan fingerprint density at radius 2 is 0.864 bits per heavy atom. The van der Waals surface area contributed by atoms with Gasteiger partial charge in [0.1, 0.15) is 6.10 Å². The molecule has 3 atom stereocenters. The third-order valence-electron chi connectivity index (χ3n) is 11.7. The Hall–Kier alpha value is -1.92. The van der Waals surface area contributed by atoms with Crippen LogP contribution in [0.15, 0.2) is 36.5 Å². The van der Waals surface area contributed by atoms with Gasteiger partial charge in [0.15, 0.2) is 0 Å². The monoisotopic (exact) mass is 830 g/mol. The number of aliphatic hydroxyl groups excluding tert-OH is 2. The third kappa shape index (κ3) is 42.6. The lowest BCUT2D eigenvalue weighted by molar-refractivity contribution is -0.151. The molecule has 0 saturated heterocycles. The normalized spacial score (nSPS) is 13.5. The van der Waals surface area contributed by atoms with Crippen molar-refractivity contribution < 1.29 is 24.5 Å². The molecule has 3 unspecified atom stereocenters. The molecule has 0 fully saturated rings. The van der Waals surface area contributed by atoms with Crippen LogP contribution >= 0.6 is 0 Å². The van der Waals surface area contributed by atoms with Crippen LogP contribution in [0.5, 0.6) is 0 Å². The van der Waals surface area contributed by atoms with E-state index in [-0.39, 0.29) is 24.9 Å². The maximum atomic E-state index is 13.2. The highest BCUT2D eigenvalue weighted by Gasteiger charge is 2.24. The van der Waals surface area contributed by atoms with Crippen molar-refractivity contribution in [3.05, 3.63) is 36.5 Å². The second-order valence-corrected chi connectivity index (χ2v) is 17.6. The highest BCUT2D eigenvalue weighted by Crippen LogP contribution is 2.18. The van der Waals surface area contributed by atoms with Crippen molar-refractivity contribution in [3.8, 4) is 0 Å². The Kier molecular flexibility index (Phi) is 45.6. The van der Waals surface area contributed by atoms with Gasteiger partial charge in [0.2, 0.25) is 5.91 Å². The van der Waals surface area contributed by atoms with Crippen LogP contribution < -0.4 is 5.32 Å². The van der Waals surface area contributed by atoms with E-state index >= 15 is 0 Å². The highest BCUT2D eigenvalue weighted by atomic mass is 16.5. The summed E-state index contributed by atoms with van der Waals surface area (Å²) in [4.78, 5) is 26.1. The number of aliphatic hydroxyl groups is 2. The van der Waals surface area contributed by atoms with Gasteiger partial charge in [-0.3, -0.25) is 9.59 Å². The molecule has 0 radical (unpaired) electrons. The average molecular weight is 830 g/mol. The molecule has 0 bridgehead atoms. The fourth-order valence-electron chi connectivity index (χ4n) is 7.75. The van der Waals surface area contributed by atoms with E-state index in [4.69, 9.17) is 4.74 Å². The summed E-state index contributed by atoms with van der Waals surface area (Å²) in [5, 5.41) is 23.7. The standard InChI is InChI=1S/C53H99NO5/c1-4-7-10-13-16-19-21-23-25-26-27-28-30-33-35-38-41-44-49(59-53(58)46-43-40-37-34-31-29-24-22-20-17-14-11-8-5-2)47-52(57)54-50(48-55)51(56)45-42-39-36-32-18-15-12-9-6-3/h16,19,23,25,29,31,49-51,55-56H,4-15,17-18,20-22,24,26-28,30,32-48H2,1-3H3,(H,54,57)/b19-16-,25-23-,31-29-. The van der Waals surface area contributed by atoms with Gasteiger partial charge in [-0.05, 0) is 83.5 Å². The molecule has 0 aliphatic heterocycles. The van der Waals surface area contributed by atoms with Gasteiger partial charge in [-0.1, -0.05) is 205 Å². The first-order chi connectivity index (χ1) is 29.0. The minimum Gasteiger partial charge on any atom is -0.462 e. The van der Waals surface area contributed by atoms with Crippen LogP contribution in [-0.4, -0.2) is 46.9 Å². The maximum Gasteiger partial charge on any atom is 0.306 e. The van der Waals surface area contributed by atoms with Crippen LogP contribution in [0, 0.1) is 0 Å². The summed E-state index contributed by atoms with van der Waals surface area (Å²) in [6.07, 6.45) is 54.9. The zero-order valence-electron chi connectivity index (χ0n) is 39.4. The summed E-state index contributed by atoms with van der Waals surface area (Å²) in [6, 6.07) is -0.704. The lowest BCUT2D eigenvalue weighted by Crippen LogP contribution is -2.46. The van der Waals surface area contributed by atoms with Crippen molar-refractivity contribution in [1.82, 2.24) is 5.32 Å². The molecule has 1 amide bonds. The molecule has 6 heteroatoms. The molecule has 0 aliphatic rings. The van der Waals surface area contributed by atoms with Crippen molar-refractivity contribution in [2.45, 2.75) is 283 Å². The molecule has 0 aromatic rings. The van der Waals surface area contributed by atoms with Gasteiger partial charge in [0.05, 0.1) is 25.2 Å². The SMILES string of the molecule is CCCCC/C=C\C/C=C\CCCCCCCCCC(CC(=O)NC(CO)C(O)CCCCCCCCCCC)OC(=O)CCCCC/C=C\CCCCCCCCC. The van der Waals surface area contributed by atoms with Gasteiger partial charge in [-0.2, -0.15) is 0 Å². The fraction of sp³-hybridized carbons (Fsp3) is 0.849. The number of nitrogens with one attached hydrogen (secondary N) is 1. The predicted molar refractivity (Wildman–Crippen MR) is 255 cm³/mol. The lowest BCUT2D eigenvalue weighted by Gasteiger charge is -2.24. The number of unbranched alkanes of at least 4 members (excludes halogenated alkanes) is 28. The molecule has 0 heterocycles. The van der Waals surface area contributed by atoms with Crippen LogP contribution in [0.4, 0.5) is 0 Å². The minimum atomic E-state index is -0.789. The summed E-state index contributed by atoms with van der Waals surface area (Å²) in [7, 11) is 0. The third-order valence-corrected chi connectivity index (χ3v) is 11.7. The van der Waals surface area contributed by atoms with E-state index in [0.29, 0.717) is 19.3 Å². The predicted octanol–water partition coefficient (Wildman–Crippen LogP) is 15.3. The largest absolute Gasteiger partial charge is 0.462 e. The van der Waals surface area contributed by atoms with Crippen molar-refractivity contribution in [2.24, 2.45) is 0 Å². The summed E-state index contributed by atoms with van der Waals surface area (Å²) < 4.78 is 5.92. The van der Waals surface area contributed by atoms with Crippen molar-refractivity contribution in [1.29, 1.82) is 0 Å².